The number of hydrogen-bond donors (Lipinski definition) is 0. The van der Waals surface area contributed by atoms with Crippen LogP contribution in [-0.4, -0.2) is 41.1 Å². The van der Waals surface area contributed by atoms with Crippen LogP contribution in [-0.2, 0) is 14.3 Å². The number of aliphatic carboxylic acids is 1. The zero-order valence-corrected chi connectivity index (χ0v) is 14.8. The number of carboxylic acid groups (broad SMARTS) is 1. The SMILES string of the molecule is CCCCCCC[CH2][Sn+].CCOC(=O)/C=C\C(=O)[O-]. The zero-order chi connectivity index (χ0) is 14.9. The molecule has 0 aromatic rings. The van der Waals surface area contributed by atoms with Crippen molar-refractivity contribution in [1.29, 1.82) is 0 Å². The molecule has 0 fully saturated rings. The standard InChI is InChI=1S/C8H17.C6H8O4.Sn/c1-3-5-7-8-6-4-2;1-2-10-6(9)4-3-5(7)8;/h1,3-8H2,2H3;3-4H,2H2,1H3,(H,7,8);/q;;+1/p-1/b;4-3-;. The van der Waals surface area contributed by atoms with E-state index in [2.05, 4.69) is 11.7 Å². The van der Waals surface area contributed by atoms with Gasteiger partial charge in [-0.3, -0.25) is 0 Å². The number of carboxylic acids is 1. The van der Waals surface area contributed by atoms with Gasteiger partial charge in [0.15, 0.2) is 0 Å². The van der Waals surface area contributed by atoms with Gasteiger partial charge >= 0.3 is 78.4 Å². The molecule has 0 saturated heterocycles. The van der Waals surface area contributed by atoms with Crippen LogP contribution in [0.2, 0.25) is 4.44 Å². The van der Waals surface area contributed by atoms with E-state index in [1.807, 2.05) is 0 Å². The number of carbonyl (C=O) groups excluding carboxylic acids is 2. The largest absolute Gasteiger partial charge is 0.545 e. The predicted octanol–water partition coefficient (Wildman–Crippen LogP) is 1.79. The minimum atomic E-state index is -1.41. The quantitative estimate of drug-likeness (QED) is 0.267. The maximum atomic E-state index is 10.3. The molecule has 0 aliphatic heterocycles. The van der Waals surface area contributed by atoms with E-state index in [0.717, 1.165) is 6.08 Å². The molecule has 0 aromatic carbocycles. The van der Waals surface area contributed by atoms with E-state index in [1.54, 1.807) is 29.4 Å². The van der Waals surface area contributed by atoms with Gasteiger partial charge in [0.25, 0.3) is 0 Å². The van der Waals surface area contributed by atoms with Crippen molar-refractivity contribution in [1.82, 2.24) is 0 Å². The number of rotatable bonds is 9. The molecule has 0 aliphatic carbocycles. The van der Waals surface area contributed by atoms with Crippen LogP contribution >= 0.6 is 0 Å². The van der Waals surface area contributed by atoms with E-state index in [0.29, 0.717) is 6.08 Å². The van der Waals surface area contributed by atoms with Crippen molar-refractivity contribution in [3.8, 4) is 0 Å². The molecule has 0 amide bonds. The summed E-state index contributed by atoms with van der Waals surface area (Å²) < 4.78 is 5.83. The Kier molecular flexibility index (Phi) is 19.1. The van der Waals surface area contributed by atoms with Gasteiger partial charge in [-0.05, 0) is 13.0 Å². The third-order valence-electron chi connectivity index (χ3n) is 2.17. The van der Waals surface area contributed by atoms with Gasteiger partial charge in [0.1, 0.15) is 0 Å². The van der Waals surface area contributed by atoms with Crippen molar-refractivity contribution in [2.24, 2.45) is 0 Å². The van der Waals surface area contributed by atoms with Gasteiger partial charge in [-0.25, -0.2) is 4.79 Å². The van der Waals surface area contributed by atoms with Crippen LogP contribution in [0.1, 0.15) is 52.4 Å². The second kappa shape index (κ2) is 17.5. The molecule has 2 radical (unpaired) electrons. The molecule has 0 heterocycles. The Labute approximate surface area is 129 Å². The maximum absolute atomic E-state index is 10.3. The molecule has 0 aromatic heterocycles. The molecule has 4 nitrogen and oxygen atoms in total. The van der Waals surface area contributed by atoms with Gasteiger partial charge < -0.3 is 14.6 Å². The predicted molar refractivity (Wildman–Crippen MR) is 74.7 cm³/mol. The van der Waals surface area contributed by atoms with E-state index in [-0.39, 0.29) is 6.61 Å². The Morgan fingerprint density at radius 3 is 2.11 bits per heavy atom. The van der Waals surface area contributed by atoms with Gasteiger partial charge in [-0.15, -0.1) is 0 Å². The molecule has 0 atom stereocenters. The van der Waals surface area contributed by atoms with Crippen molar-refractivity contribution in [3.63, 3.8) is 0 Å². The van der Waals surface area contributed by atoms with Crippen LogP contribution in [0.5, 0.6) is 0 Å². The minimum absolute atomic E-state index is 0.232. The summed E-state index contributed by atoms with van der Waals surface area (Å²) in [5.41, 5.74) is 0. The van der Waals surface area contributed by atoms with Crippen LogP contribution in [0.25, 0.3) is 0 Å². The van der Waals surface area contributed by atoms with Crippen LogP contribution in [0.4, 0.5) is 0 Å². The molecule has 0 unspecified atom stereocenters. The third kappa shape index (κ3) is 23.1. The van der Waals surface area contributed by atoms with Gasteiger partial charge in [-0.1, -0.05) is 0 Å². The minimum Gasteiger partial charge on any atom is -0.545 e. The van der Waals surface area contributed by atoms with Gasteiger partial charge in [0.05, 0.1) is 12.6 Å². The summed E-state index contributed by atoms with van der Waals surface area (Å²) in [6.45, 7) is 4.13. The summed E-state index contributed by atoms with van der Waals surface area (Å²) in [6, 6.07) is 0. The fraction of sp³-hybridized carbons (Fsp3) is 0.714. The van der Waals surface area contributed by atoms with Crippen molar-refractivity contribution >= 4 is 34.5 Å². The fourth-order valence-corrected chi connectivity index (χ4v) is 1.95. The number of unbranched alkanes of at least 4 members (excludes halogenated alkanes) is 5. The molecule has 19 heavy (non-hydrogen) atoms. The monoisotopic (exact) mass is 376 g/mol. The Balaban J connectivity index is 0. The first-order chi connectivity index (χ1) is 9.08. The van der Waals surface area contributed by atoms with E-state index < -0.39 is 11.9 Å². The van der Waals surface area contributed by atoms with Gasteiger partial charge in [0, 0.05) is 6.08 Å². The average Bonchev–Trinajstić information content (AvgIpc) is 2.37. The second-order valence-corrected chi connectivity index (χ2v) is 5.35. The van der Waals surface area contributed by atoms with Crippen molar-refractivity contribution in [3.05, 3.63) is 12.2 Å². The molecular formula is C14H24O4Sn. The number of hydrogen-bond acceptors (Lipinski definition) is 4. The number of esters is 1. The van der Waals surface area contributed by atoms with Gasteiger partial charge in [0.2, 0.25) is 0 Å². The van der Waals surface area contributed by atoms with Crippen molar-refractivity contribution < 1.29 is 19.4 Å². The number of carbonyl (C=O) groups is 2. The molecule has 0 rings (SSSR count). The molecule has 0 spiro atoms. The van der Waals surface area contributed by atoms with Crippen LogP contribution in [0, 0.1) is 0 Å². The summed E-state index contributed by atoms with van der Waals surface area (Å²) in [4.78, 5) is 20.0. The summed E-state index contributed by atoms with van der Waals surface area (Å²) in [7, 11) is 0. The summed E-state index contributed by atoms with van der Waals surface area (Å²) in [5.74, 6) is -2.08. The molecule has 0 saturated carbocycles. The van der Waals surface area contributed by atoms with E-state index in [1.165, 1.54) is 43.0 Å². The van der Waals surface area contributed by atoms with Crippen molar-refractivity contribution in [2.75, 3.05) is 6.61 Å². The summed E-state index contributed by atoms with van der Waals surface area (Å²) in [6.07, 6.45) is 10.1. The smallest absolute Gasteiger partial charge is 0.330 e. The molecule has 0 N–H and O–H groups in total. The van der Waals surface area contributed by atoms with E-state index >= 15 is 0 Å². The third-order valence-corrected chi connectivity index (χ3v) is 3.18. The average molecular weight is 375 g/mol. The molecular weight excluding hydrogens is 351 g/mol. The Morgan fingerprint density at radius 1 is 1.05 bits per heavy atom. The van der Waals surface area contributed by atoms with Crippen LogP contribution < -0.4 is 5.11 Å². The normalized spacial score (nSPS) is 9.79. The molecule has 108 valence electrons. The fourth-order valence-electron chi connectivity index (χ4n) is 1.23. The summed E-state index contributed by atoms with van der Waals surface area (Å²) in [5, 5.41) is 9.70. The Hall–Kier alpha value is -0.521. The number of ether oxygens (including phenoxy) is 1. The summed E-state index contributed by atoms with van der Waals surface area (Å²) >= 11 is 1.71. The maximum Gasteiger partial charge on any atom is 0.330 e. The van der Waals surface area contributed by atoms with Crippen molar-refractivity contribution in [2.45, 2.75) is 56.8 Å². The molecule has 5 heteroatoms. The molecule has 0 bridgehead atoms. The Morgan fingerprint density at radius 2 is 1.63 bits per heavy atom. The first kappa shape index (κ1) is 20.8. The van der Waals surface area contributed by atoms with Crippen LogP contribution in [0.15, 0.2) is 12.2 Å². The molecule has 0 aliphatic rings. The first-order valence-electron chi connectivity index (χ1n) is 6.78. The van der Waals surface area contributed by atoms with Gasteiger partial charge in [-0.2, -0.15) is 0 Å². The van der Waals surface area contributed by atoms with E-state index in [9.17, 15) is 14.7 Å². The second-order valence-electron chi connectivity index (χ2n) is 3.92. The van der Waals surface area contributed by atoms with E-state index in [4.69, 9.17) is 0 Å². The zero-order valence-electron chi connectivity index (χ0n) is 11.9. The topological polar surface area (TPSA) is 66.4 Å². The van der Waals surface area contributed by atoms with Crippen LogP contribution in [0.3, 0.4) is 0 Å². The Bertz CT molecular complexity index is 246. The first-order valence-corrected chi connectivity index (χ1v) is 8.80.